The Hall–Kier alpha value is -1.43. The third-order valence-corrected chi connectivity index (χ3v) is 4.87. The molecule has 0 aliphatic rings. The summed E-state index contributed by atoms with van der Waals surface area (Å²) in [5.41, 5.74) is 0. The number of ether oxygens (including phenoxy) is 2. The van der Waals surface area contributed by atoms with E-state index in [-0.39, 0.29) is 32.6 Å². The van der Waals surface area contributed by atoms with Crippen LogP contribution in [0.3, 0.4) is 0 Å². The van der Waals surface area contributed by atoms with E-state index in [1.54, 1.807) is 0 Å². The van der Waals surface area contributed by atoms with Crippen LogP contribution in [0.25, 0.3) is 0 Å². The summed E-state index contributed by atoms with van der Waals surface area (Å²) in [6, 6.07) is 0. The molecule has 0 atom stereocenters. The average molecular weight is 362 g/mol. The maximum Gasteiger partial charge on any atom is 0.330 e. The van der Waals surface area contributed by atoms with E-state index >= 15 is 0 Å². The number of esters is 2. The van der Waals surface area contributed by atoms with Gasteiger partial charge in [0.05, 0.1) is 19.4 Å². The van der Waals surface area contributed by atoms with Crippen molar-refractivity contribution >= 4 is 19.5 Å². The lowest BCUT2D eigenvalue weighted by Gasteiger charge is -2.18. The molecule has 0 fully saturated rings. The lowest BCUT2D eigenvalue weighted by molar-refractivity contribution is -0.139. The first-order valence-electron chi connectivity index (χ1n) is 7.94. The molecule has 0 spiro atoms. The van der Waals surface area contributed by atoms with E-state index in [0.717, 1.165) is 31.4 Å². The number of rotatable bonds is 15. The van der Waals surface area contributed by atoms with E-state index in [1.807, 2.05) is 0 Å². The number of unbranched alkanes of at least 4 members (excludes halogenated alkanes) is 3. The Bertz CT molecular complexity index is 416. The largest absolute Gasteiger partial charge is 0.460 e. The van der Waals surface area contributed by atoms with Gasteiger partial charge in [0, 0.05) is 12.2 Å². The van der Waals surface area contributed by atoms with Crippen LogP contribution in [0.4, 0.5) is 0 Å². The zero-order valence-corrected chi connectivity index (χ0v) is 15.1. The molecule has 24 heavy (non-hydrogen) atoms. The van der Waals surface area contributed by atoms with E-state index in [1.165, 1.54) is 0 Å². The van der Waals surface area contributed by atoms with Gasteiger partial charge < -0.3 is 18.5 Å². The second-order valence-corrected chi connectivity index (χ2v) is 6.99. The monoisotopic (exact) mass is 362 g/mol. The summed E-state index contributed by atoms with van der Waals surface area (Å²) < 4.78 is 32.8. The highest BCUT2D eigenvalue weighted by molar-refractivity contribution is 7.53. The van der Waals surface area contributed by atoms with Crippen molar-refractivity contribution in [3.63, 3.8) is 0 Å². The molecule has 0 N–H and O–H groups in total. The third kappa shape index (κ3) is 12.0. The molecule has 0 aromatic heterocycles. The highest BCUT2D eigenvalue weighted by Crippen LogP contribution is 2.48. The summed E-state index contributed by atoms with van der Waals surface area (Å²) in [6.07, 6.45) is 6.05. The summed E-state index contributed by atoms with van der Waals surface area (Å²) >= 11 is 0. The Labute approximate surface area is 143 Å². The van der Waals surface area contributed by atoms with Gasteiger partial charge in [-0.2, -0.15) is 0 Å². The predicted octanol–water partition coefficient (Wildman–Crippen LogP) is 3.25. The molecule has 0 amide bonds. The van der Waals surface area contributed by atoms with Gasteiger partial charge in [0.1, 0.15) is 13.2 Å². The predicted molar refractivity (Wildman–Crippen MR) is 90.8 cm³/mol. The minimum absolute atomic E-state index is 0.0430. The van der Waals surface area contributed by atoms with E-state index in [2.05, 4.69) is 20.1 Å². The van der Waals surface area contributed by atoms with Gasteiger partial charge in [-0.25, -0.2) is 9.59 Å². The van der Waals surface area contributed by atoms with Crippen LogP contribution in [0.1, 0.15) is 32.6 Å². The second-order valence-electron chi connectivity index (χ2n) is 4.80. The number of hydrogen-bond donors (Lipinski definition) is 0. The topological polar surface area (TPSA) is 88.1 Å². The molecule has 0 saturated heterocycles. The number of carbonyl (C=O) groups is 2. The van der Waals surface area contributed by atoms with Crippen LogP contribution in [0.15, 0.2) is 25.3 Å². The van der Waals surface area contributed by atoms with E-state index < -0.39 is 19.5 Å². The van der Waals surface area contributed by atoms with Gasteiger partial charge in [-0.3, -0.25) is 4.57 Å². The van der Waals surface area contributed by atoms with Gasteiger partial charge >= 0.3 is 19.5 Å². The molecular formula is C16H27O7P. The molecule has 8 heteroatoms. The molecule has 0 bridgehead atoms. The van der Waals surface area contributed by atoms with Gasteiger partial charge in [-0.1, -0.05) is 39.3 Å². The minimum Gasteiger partial charge on any atom is -0.460 e. The smallest absolute Gasteiger partial charge is 0.330 e. The Morgan fingerprint density at radius 3 is 1.79 bits per heavy atom. The lowest BCUT2D eigenvalue weighted by atomic mass is 10.2. The van der Waals surface area contributed by atoms with E-state index in [0.29, 0.717) is 6.42 Å². The molecule has 0 unspecified atom stereocenters. The van der Waals surface area contributed by atoms with Crippen LogP contribution in [0.5, 0.6) is 0 Å². The fourth-order valence-electron chi connectivity index (χ4n) is 1.65. The summed E-state index contributed by atoms with van der Waals surface area (Å²) in [5, 5.41) is 0. The molecule has 0 aliphatic carbocycles. The fourth-order valence-corrected chi connectivity index (χ4v) is 3.30. The molecule has 0 aliphatic heterocycles. The molecule has 0 saturated carbocycles. The molecule has 0 aromatic carbocycles. The highest BCUT2D eigenvalue weighted by atomic mass is 31.2. The first-order valence-corrected chi connectivity index (χ1v) is 9.66. The quantitative estimate of drug-likeness (QED) is 0.191. The average Bonchev–Trinajstić information content (AvgIpc) is 2.59. The summed E-state index contributed by atoms with van der Waals surface area (Å²) in [5.74, 6) is -1.15. The van der Waals surface area contributed by atoms with Crippen molar-refractivity contribution in [3.05, 3.63) is 25.3 Å². The number of carbonyl (C=O) groups excluding carboxylic acids is 2. The summed E-state index contributed by atoms with van der Waals surface area (Å²) in [7, 11) is -3.33. The Balaban J connectivity index is 4.28. The van der Waals surface area contributed by atoms with Gasteiger partial charge in [0.2, 0.25) is 0 Å². The van der Waals surface area contributed by atoms with Crippen LogP contribution in [0, 0.1) is 0 Å². The second kappa shape index (κ2) is 14.0. The molecule has 7 nitrogen and oxygen atoms in total. The Morgan fingerprint density at radius 1 is 0.875 bits per heavy atom. The third-order valence-electron chi connectivity index (χ3n) is 2.85. The van der Waals surface area contributed by atoms with Crippen LogP contribution in [0.2, 0.25) is 0 Å². The summed E-state index contributed by atoms with van der Waals surface area (Å²) in [4.78, 5) is 21.9. The zero-order valence-electron chi connectivity index (χ0n) is 14.2. The zero-order chi connectivity index (χ0) is 18.3. The summed E-state index contributed by atoms with van der Waals surface area (Å²) in [6.45, 7) is 8.45. The highest BCUT2D eigenvalue weighted by Gasteiger charge is 2.24. The number of hydrogen-bond acceptors (Lipinski definition) is 7. The van der Waals surface area contributed by atoms with E-state index in [9.17, 15) is 14.2 Å². The van der Waals surface area contributed by atoms with Crippen LogP contribution < -0.4 is 0 Å². The fraction of sp³-hybridized carbons (Fsp3) is 0.625. The van der Waals surface area contributed by atoms with Crippen molar-refractivity contribution in [2.24, 2.45) is 0 Å². The lowest BCUT2D eigenvalue weighted by Crippen LogP contribution is -2.12. The first kappa shape index (κ1) is 22.6. The standard InChI is InChI=1S/C16H27O7P/c1-4-7-8-9-14-24(19,22-12-10-20-15(17)5-2)23-13-11-21-16(18)6-3/h5-6H,2-4,7-14H2,1H3. The Morgan fingerprint density at radius 2 is 1.38 bits per heavy atom. The maximum atomic E-state index is 12.6. The molecular weight excluding hydrogens is 335 g/mol. The van der Waals surface area contributed by atoms with Gasteiger partial charge in [0.25, 0.3) is 0 Å². The van der Waals surface area contributed by atoms with Crippen molar-refractivity contribution in [3.8, 4) is 0 Å². The molecule has 0 rings (SSSR count). The van der Waals surface area contributed by atoms with Gasteiger partial charge in [-0.15, -0.1) is 0 Å². The van der Waals surface area contributed by atoms with Crippen LogP contribution in [-0.4, -0.2) is 44.5 Å². The first-order chi connectivity index (χ1) is 11.5. The Kier molecular flexibility index (Phi) is 13.1. The van der Waals surface area contributed by atoms with E-state index in [4.69, 9.17) is 18.5 Å². The van der Waals surface area contributed by atoms with Crippen molar-refractivity contribution < 1.29 is 32.7 Å². The van der Waals surface area contributed by atoms with Crippen LogP contribution in [-0.2, 0) is 32.7 Å². The molecule has 0 heterocycles. The van der Waals surface area contributed by atoms with Crippen LogP contribution >= 0.6 is 7.60 Å². The van der Waals surface area contributed by atoms with Gasteiger partial charge in [-0.05, 0) is 6.42 Å². The van der Waals surface area contributed by atoms with Crippen molar-refractivity contribution in [1.82, 2.24) is 0 Å². The van der Waals surface area contributed by atoms with Crippen molar-refractivity contribution in [1.29, 1.82) is 0 Å². The molecule has 0 aromatic rings. The van der Waals surface area contributed by atoms with Crippen molar-refractivity contribution in [2.75, 3.05) is 32.6 Å². The molecule has 138 valence electrons. The van der Waals surface area contributed by atoms with Gasteiger partial charge in [0.15, 0.2) is 0 Å². The van der Waals surface area contributed by atoms with Crippen molar-refractivity contribution in [2.45, 2.75) is 32.6 Å². The molecule has 0 radical (unpaired) electrons. The normalized spacial score (nSPS) is 10.9. The maximum absolute atomic E-state index is 12.6. The SMILES string of the molecule is C=CC(=O)OCCOP(=O)(CCCCCC)OCCOC(=O)C=C. The minimum atomic E-state index is -3.33.